The van der Waals surface area contributed by atoms with Crippen molar-refractivity contribution in [3.8, 4) is 11.5 Å². The Hall–Kier alpha value is -3.57. The van der Waals surface area contributed by atoms with Gasteiger partial charge in [-0.15, -0.1) is 0 Å². The highest BCUT2D eigenvalue weighted by Crippen LogP contribution is 2.32. The van der Waals surface area contributed by atoms with Gasteiger partial charge >= 0.3 is 0 Å². The zero-order valence-corrected chi connectivity index (χ0v) is 26.2. The molecule has 1 N–H and O–H groups in total. The Bertz CT molecular complexity index is 1430. The fourth-order valence-corrected chi connectivity index (χ4v) is 5.42. The van der Waals surface area contributed by atoms with Crippen LogP contribution in [0.25, 0.3) is 0 Å². The highest BCUT2D eigenvalue weighted by molar-refractivity contribution is 9.10. The van der Waals surface area contributed by atoms with Gasteiger partial charge in [-0.25, -0.2) is 8.42 Å². The number of hydrogen-bond donors (Lipinski definition) is 1. The van der Waals surface area contributed by atoms with Crippen LogP contribution in [0, 0.1) is 0 Å². The van der Waals surface area contributed by atoms with Gasteiger partial charge in [-0.05, 0) is 49.2 Å². The first-order valence-electron chi connectivity index (χ1n) is 13.0. The Morgan fingerprint density at radius 3 is 2.10 bits per heavy atom. The van der Waals surface area contributed by atoms with Crippen LogP contribution in [-0.4, -0.2) is 64.2 Å². The van der Waals surface area contributed by atoms with Crippen LogP contribution in [0.1, 0.15) is 25.0 Å². The lowest BCUT2D eigenvalue weighted by atomic mass is 10.0. The first-order chi connectivity index (χ1) is 19.4. The molecule has 0 aliphatic carbocycles. The lowest BCUT2D eigenvalue weighted by Gasteiger charge is -2.34. The summed E-state index contributed by atoms with van der Waals surface area (Å²) < 4.78 is 38.5. The van der Waals surface area contributed by atoms with Gasteiger partial charge in [0.25, 0.3) is 0 Å². The number of carbonyl (C=O) groups excluding carboxylic acids is 2. The first-order valence-corrected chi connectivity index (χ1v) is 15.6. The predicted molar refractivity (Wildman–Crippen MR) is 164 cm³/mol. The molecule has 11 heteroatoms. The molecule has 0 aliphatic rings. The maximum absolute atomic E-state index is 14.1. The van der Waals surface area contributed by atoms with Gasteiger partial charge in [0.1, 0.15) is 12.6 Å². The zero-order valence-electron chi connectivity index (χ0n) is 23.8. The van der Waals surface area contributed by atoms with Crippen molar-refractivity contribution in [2.75, 3.05) is 31.3 Å². The molecule has 0 unspecified atom stereocenters. The van der Waals surface area contributed by atoms with E-state index in [9.17, 15) is 18.0 Å². The summed E-state index contributed by atoms with van der Waals surface area (Å²) in [6.07, 6.45) is 1.28. The number of amides is 2. The monoisotopic (exact) mass is 645 g/mol. The molecule has 0 bridgehead atoms. The van der Waals surface area contributed by atoms with Crippen molar-refractivity contribution in [1.29, 1.82) is 0 Å². The average molecular weight is 647 g/mol. The maximum Gasteiger partial charge on any atom is 0.244 e. The summed E-state index contributed by atoms with van der Waals surface area (Å²) in [4.78, 5) is 29.2. The summed E-state index contributed by atoms with van der Waals surface area (Å²) >= 11 is 3.43. The molecule has 0 aliphatic heterocycles. The van der Waals surface area contributed by atoms with Gasteiger partial charge in [0.05, 0.1) is 26.2 Å². The van der Waals surface area contributed by atoms with Crippen LogP contribution in [-0.2, 0) is 32.6 Å². The van der Waals surface area contributed by atoms with Crippen LogP contribution < -0.4 is 19.1 Å². The standard InChI is InChI=1S/C30H36BrN3O6S/c1-21(2)32-30(36)26(17-22-9-7-6-8-10-22)33(19-23-11-13-24(31)14-12-23)29(35)20-34(41(5,37)38)25-15-16-27(39-3)28(18-25)40-4/h6-16,18,21,26H,17,19-20H2,1-5H3,(H,32,36)/t26-/m1/s1. The van der Waals surface area contributed by atoms with Crippen LogP contribution >= 0.6 is 15.9 Å². The Morgan fingerprint density at radius 1 is 0.902 bits per heavy atom. The summed E-state index contributed by atoms with van der Waals surface area (Å²) in [6, 6.07) is 20.4. The van der Waals surface area contributed by atoms with Gasteiger partial charge in [-0.1, -0.05) is 58.4 Å². The van der Waals surface area contributed by atoms with E-state index in [1.807, 2.05) is 68.4 Å². The van der Waals surface area contributed by atoms with Gasteiger partial charge in [0.15, 0.2) is 11.5 Å². The number of nitrogens with zero attached hydrogens (tertiary/aromatic N) is 2. The molecule has 2 amide bonds. The van der Waals surface area contributed by atoms with Gasteiger partial charge in [0, 0.05) is 29.5 Å². The minimum absolute atomic E-state index is 0.0959. The largest absolute Gasteiger partial charge is 0.493 e. The van der Waals surface area contributed by atoms with E-state index in [1.54, 1.807) is 12.1 Å². The lowest BCUT2D eigenvalue weighted by Crippen LogP contribution is -2.54. The number of hydrogen-bond acceptors (Lipinski definition) is 6. The van der Waals surface area contributed by atoms with Gasteiger partial charge in [0.2, 0.25) is 21.8 Å². The molecule has 0 fully saturated rings. The maximum atomic E-state index is 14.1. The first kappa shape index (κ1) is 32.0. The molecule has 0 saturated heterocycles. The van der Waals surface area contributed by atoms with Crippen LogP contribution in [0.5, 0.6) is 11.5 Å². The SMILES string of the molecule is COc1ccc(N(CC(=O)N(Cc2ccc(Br)cc2)[C@H](Cc2ccccc2)C(=O)NC(C)C)S(C)(=O)=O)cc1OC. The molecule has 9 nitrogen and oxygen atoms in total. The summed E-state index contributed by atoms with van der Waals surface area (Å²) in [6.45, 7) is 3.27. The van der Waals surface area contributed by atoms with Crippen LogP contribution in [0.2, 0.25) is 0 Å². The van der Waals surface area contributed by atoms with Crippen molar-refractivity contribution in [1.82, 2.24) is 10.2 Å². The fourth-order valence-electron chi connectivity index (χ4n) is 4.31. The van der Waals surface area contributed by atoms with E-state index >= 15 is 0 Å². The topological polar surface area (TPSA) is 105 Å². The minimum atomic E-state index is -3.91. The minimum Gasteiger partial charge on any atom is -0.493 e. The third kappa shape index (κ3) is 8.96. The second kappa shape index (κ2) is 14.4. The quantitative estimate of drug-likeness (QED) is 0.296. The molecule has 220 valence electrons. The van der Waals surface area contributed by atoms with Gasteiger partial charge in [-0.2, -0.15) is 0 Å². The van der Waals surface area contributed by atoms with E-state index in [0.29, 0.717) is 11.5 Å². The van der Waals surface area contributed by atoms with Crippen LogP contribution in [0.4, 0.5) is 5.69 Å². The Kier molecular flexibility index (Phi) is 11.2. The molecule has 41 heavy (non-hydrogen) atoms. The van der Waals surface area contributed by atoms with E-state index in [4.69, 9.17) is 9.47 Å². The van der Waals surface area contributed by atoms with E-state index in [2.05, 4.69) is 21.2 Å². The summed E-state index contributed by atoms with van der Waals surface area (Å²) in [5, 5.41) is 2.93. The molecule has 0 saturated carbocycles. The molecule has 3 rings (SSSR count). The van der Waals surface area contributed by atoms with Gasteiger partial charge < -0.3 is 19.7 Å². The number of ether oxygens (including phenoxy) is 2. The van der Waals surface area contributed by atoms with E-state index in [0.717, 1.165) is 26.2 Å². The van der Waals surface area contributed by atoms with Crippen molar-refractivity contribution in [3.63, 3.8) is 0 Å². The van der Waals surface area contributed by atoms with E-state index < -0.39 is 28.5 Å². The Labute approximate surface area is 250 Å². The van der Waals surface area contributed by atoms with E-state index in [1.165, 1.54) is 25.2 Å². The Morgan fingerprint density at radius 2 is 1.54 bits per heavy atom. The number of halogens is 1. The van der Waals surface area contributed by atoms with Crippen LogP contribution in [0.3, 0.4) is 0 Å². The number of sulfonamides is 1. The fraction of sp³-hybridized carbons (Fsp3) is 0.333. The number of carbonyl (C=O) groups is 2. The molecular formula is C30H36BrN3O6S. The molecule has 0 radical (unpaired) electrons. The van der Waals surface area contributed by atoms with Crippen molar-refractivity contribution in [3.05, 3.63) is 88.4 Å². The zero-order chi connectivity index (χ0) is 30.2. The smallest absolute Gasteiger partial charge is 0.244 e. The molecule has 3 aromatic rings. The molecule has 3 aromatic carbocycles. The van der Waals surface area contributed by atoms with Crippen LogP contribution in [0.15, 0.2) is 77.3 Å². The Balaban J connectivity index is 2.07. The van der Waals surface area contributed by atoms with E-state index in [-0.39, 0.29) is 30.6 Å². The number of benzene rings is 3. The molecule has 0 aromatic heterocycles. The summed E-state index contributed by atoms with van der Waals surface area (Å²) in [5.74, 6) is -0.128. The van der Waals surface area contributed by atoms with Crippen molar-refractivity contribution >= 4 is 43.5 Å². The third-order valence-electron chi connectivity index (χ3n) is 6.30. The number of nitrogens with one attached hydrogen (secondary N) is 1. The number of anilines is 1. The second-order valence-electron chi connectivity index (χ2n) is 9.83. The van der Waals surface area contributed by atoms with Crippen molar-refractivity contribution in [2.45, 2.75) is 38.9 Å². The number of rotatable bonds is 13. The highest BCUT2D eigenvalue weighted by atomic mass is 79.9. The summed E-state index contributed by atoms with van der Waals surface area (Å²) in [5.41, 5.74) is 1.88. The number of methoxy groups -OCH3 is 2. The molecule has 0 heterocycles. The lowest BCUT2D eigenvalue weighted by molar-refractivity contribution is -0.140. The van der Waals surface area contributed by atoms with Gasteiger partial charge in [-0.3, -0.25) is 13.9 Å². The third-order valence-corrected chi connectivity index (χ3v) is 7.97. The normalized spacial score (nSPS) is 12.0. The molecule has 1 atom stereocenters. The highest BCUT2D eigenvalue weighted by Gasteiger charge is 2.33. The second-order valence-corrected chi connectivity index (χ2v) is 12.6. The average Bonchev–Trinajstić information content (AvgIpc) is 2.93. The van der Waals surface area contributed by atoms with Crippen molar-refractivity contribution in [2.24, 2.45) is 0 Å². The summed E-state index contributed by atoms with van der Waals surface area (Å²) in [7, 11) is -0.991. The molecular weight excluding hydrogens is 610 g/mol. The predicted octanol–water partition coefficient (Wildman–Crippen LogP) is 4.40. The van der Waals surface area contributed by atoms with Crippen molar-refractivity contribution < 1.29 is 27.5 Å². The molecule has 0 spiro atoms.